The molecule has 0 fully saturated rings. The van der Waals surface area contributed by atoms with Crippen molar-refractivity contribution in [2.45, 2.75) is 104 Å². The molecule has 23 heavy (non-hydrogen) atoms. The molecule has 1 N–H and O–H groups in total. The Kier molecular flexibility index (Phi) is 19.9. The largest absolute Gasteiger partial charge is 0.198 e. The summed E-state index contributed by atoms with van der Waals surface area (Å²) >= 11 is 0. The first-order valence-electron chi connectivity index (χ1n) is 9.88. The number of allylic oxidation sites excluding steroid dienone is 2. The van der Waals surface area contributed by atoms with Gasteiger partial charge in [0.05, 0.1) is 0 Å². The fraction of sp³-hybridized carbons (Fsp3) is 0.800. The van der Waals surface area contributed by atoms with Gasteiger partial charge in [0.1, 0.15) is 0 Å². The maximum Gasteiger partial charge on any atom is 0.0489 e. The quantitative estimate of drug-likeness (QED) is 0.381. The van der Waals surface area contributed by atoms with Crippen LogP contribution in [0.2, 0.25) is 0 Å². The monoisotopic (exact) mass is 321 g/mol. The number of hydrogen-bond acceptors (Lipinski definition) is 3. The highest BCUT2D eigenvalue weighted by Crippen LogP contribution is 2.12. The summed E-state index contributed by atoms with van der Waals surface area (Å²) in [5.41, 5.74) is 2.42. The molecule has 0 saturated carbocycles. The summed E-state index contributed by atoms with van der Waals surface area (Å²) in [4.78, 5) is 0. The Labute approximate surface area is 144 Å². The molecular weight excluding hydrogens is 282 g/mol. The molecular formula is C20H39N3. The van der Waals surface area contributed by atoms with Gasteiger partial charge < -0.3 is 0 Å². The maximum absolute atomic E-state index is 3.61. The minimum atomic E-state index is 1.37. The Morgan fingerprint density at radius 2 is 0.826 bits per heavy atom. The Morgan fingerprint density at radius 3 is 1.13 bits per heavy atom. The second-order valence-electron chi connectivity index (χ2n) is 6.28. The van der Waals surface area contributed by atoms with E-state index < -0.39 is 0 Å². The highest BCUT2D eigenvalue weighted by atomic mass is 15.5. The van der Waals surface area contributed by atoms with Crippen molar-refractivity contribution in [1.29, 1.82) is 0 Å². The molecule has 0 atom stereocenters. The molecule has 0 aromatic rings. The minimum absolute atomic E-state index is 1.37. The summed E-state index contributed by atoms with van der Waals surface area (Å²) in [6.07, 6.45) is 27.3. The topological polar surface area (TPSA) is 36.8 Å². The molecule has 0 aromatic carbocycles. The fourth-order valence-corrected chi connectivity index (χ4v) is 2.55. The van der Waals surface area contributed by atoms with Crippen LogP contribution in [0.5, 0.6) is 0 Å². The fourth-order valence-electron chi connectivity index (χ4n) is 2.55. The lowest BCUT2D eigenvalue weighted by Crippen LogP contribution is -1.90. The zero-order valence-corrected chi connectivity index (χ0v) is 15.6. The Morgan fingerprint density at radius 1 is 0.522 bits per heavy atom. The summed E-state index contributed by atoms with van der Waals surface area (Å²) in [5.74, 6) is 0. The van der Waals surface area contributed by atoms with Crippen LogP contribution < -0.4 is 5.53 Å². The predicted octanol–water partition coefficient (Wildman–Crippen LogP) is 6.61. The standard InChI is InChI=1S/C16H34.C4H5N3/c1-3-5-7-9-11-13-15-16-14-12-10-8-6-4-2;1-2-4-6-7-5-3-1/h3-16H2,1-2H3;1-4,7H. The molecule has 0 radical (unpaired) electrons. The van der Waals surface area contributed by atoms with Crippen molar-refractivity contribution in [3.05, 3.63) is 12.2 Å². The van der Waals surface area contributed by atoms with E-state index in [0.717, 1.165) is 0 Å². The van der Waals surface area contributed by atoms with Crippen LogP contribution in [-0.4, -0.2) is 12.4 Å². The van der Waals surface area contributed by atoms with Gasteiger partial charge in [0, 0.05) is 12.4 Å². The lowest BCUT2D eigenvalue weighted by atomic mass is 10.0. The SMILES string of the molecule is C1=CC=NNN=C1.CCCCCCCCCCCCCCCC. The van der Waals surface area contributed by atoms with Crippen molar-refractivity contribution in [1.82, 2.24) is 5.53 Å². The van der Waals surface area contributed by atoms with Crippen LogP contribution in [0.1, 0.15) is 104 Å². The zero-order valence-electron chi connectivity index (χ0n) is 15.6. The van der Waals surface area contributed by atoms with Gasteiger partial charge in [-0.1, -0.05) is 104 Å². The summed E-state index contributed by atoms with van der Waals surface area (Å²) < 4.78 is 0. The second kappa shape index (κ2) is 20.9. The lowest BCUT2D eigenvalue weighted by molar-refractivity contribution is 0.538. The first-order chi connectivity index (χ1) is 11.4. The molecule has 0 spiro atoms. The van der Waals surface area contributed by atoms with Gasteiger partial charge in [0.15, 0.2) is 0 Å². The molecule has 3 heteroatoms. The van der Waals surface area contributed by atoms with Crippen molar-refractivity contribution in [2.75, 3.05) is 0 Å². The van der Waals surface area contributed by atoms with Crippen LogP contribution in [0.15, 0.2) is 22.4 Å². The molecule has 0 aromatic heterocycles. The van der Waals surface area contributed by atoms with Gasteiger partial charge in [-0.3, -0.25) is 0 Å². The molecule has 0 unspecified atom stereocenters. The third kappa shape index (κ3) is 20.9. The molecule has 1 rings (SSSR count). The maximum atomic E-state index is 3.61. The highest BCUT2D eigenvalue weighted by Gasteiger charge is 1.92. The van der Waals surface area contributed by atoms with Gasteiger partial charge >= 0.3 is 0 Å². The molecule has 3 nitrogen and oxygen atoms in total. The number of nitrogens with one attached hydrogen (secondary N) is 1. The Hall–Kier alpha value is -1.12. The first-order valence-corrected chi connectivity index (χ1v) is 9.88. The van der Waals surface area contributed by atoms with Gasteiger partial charge in [0.2, 0.25) is 0 Å². The van der Waals surface area contributed by atoms with Crippen LogP contribution in [0.3, 0.4) is 0 Å². The third-order valence-electron chi connectivity index (χ3n) is 4.00. The predicted molar refractivity (Wildman–Crippen MR) is 105 cm³/mol. The van der Waals surface area contributed by atoms with Gasteiger partial charge in [-0.15, -0.1) is 0 Å². The lowest BCUT2D eigenvalue weighted by Gasteiger charge is -2.02. The van der Waals surface area contributed by atoms with E-state index in [9.17, 15) is 0 Å². The van der Waals surface area contributed by atoms with Gasteiger partial charge in [-0.25, -0.2) is 0 Å². The smallest absolute Gasteiger partial charge is 0.0489 e. The number of hydrazone groups is 2. The van der Waals surface area contributed by atoms with Crippen LogP contribution in [0.4, 0.5) is 0 Å². The molecule has 0 aliphatic carbocycles. The van der Waals surface area contributed by atoms with Crippen molar-refractivity contribution in [3.8, 4) is 0 Å². The van der Waals surface area contributed by atoms with Crippen molar-refractivity contribution in [3.63, 3.8) is 0 Å². The van der Waals surface area contributed by atoms with E-state index in [1.165, 1.54) is 89.9 Å². The number of nitrogens with zero attached hydrogens (tertiary/aromatic N) is 2. The molecule has 0 bridgehead atoms. The van der Waals surface area contributed by atoms with Crippen LogP contribution in [0, 0.1) is 0 Å². The minimum Gasteiger partial charge on any atom is -0.198 e. The third-order valence-corrected chi connectivity index (χ3v) is 4.00. The van der Waals surface area contributed by atoms with Crippen molar-refractivity contribution in [2.24, 2.45) is 10.2 Å². The normalized spacial score (nSPS) is 12.4. The van der Waals surface area contributed by atoms with Gasteiger partial charge in [0.25, 0.3) is 0 Å². The highest BCUT2D eigenvalue weighted by molar-refractivity contribution is 5.81. The van der Waals surface area contributed by atoms with E-state index in [1.807, 2.05) is 0 Å². The molecule has 1 aliphatic rings. The van der Waals surface area contributed by atoms with E-state index in [1.54, 1.807) is 24.6 Å². The van der Waals surface area contributed by atoms with E-state index in [2.05, 4.69) is 29.6 Å². The molecule has 134 valence electrons. The van der Waals surface area contributed by atoms with Crippen molar-refractivity contribution < 1.29 is 0 Å². The number of hydrogen-bond donors (Lipinski definition) is 1. The van der Waals surface area contributed by atoms with Crippen LogP contribution >= 0.6 is 0 Å². The Balaban J connectivity index is 0.000000568. The van der Waals surface area contributed by atoms with Crippen LogP contribution in [0.25, 0.3) is 0 Å². The van der Waals surface area contributed by atoms with E-state index in [-0.39, 0.29) is 0 Å². The number of rotatable bonds is 13. The van der Waals surface area contributed by atoms with E-state index in [4.69, 9.17) is 0 Å². The summed E-state index contributed by atoms with van der Waals surface area (Å²) in [6.45, 7) is 4.58. The summed E-state index contributed by atoms with van der Waals surface area (Å²) in [6, 6.07) is 0. The second-order valence-corrected chi connectivity index (χ2v) is 6.28. The average molecular weight is 322 g/mol. The van der Waals surface area contributed by atoms with E-state index in [0.29, 0.717) is 0 Å². The van der Waals surface area contributed by atoms with Crippen molar-refractivity contribution >= 4 is 12.4 Å². The molecule has 1 aliphatic heterocycles. The molecule has 0 amide bonds. The van der Waals surface area contributed by atoms with Gasteiger partial charge in [-0.2, -0.15) is 15.7 Å². The van der Waals surface area contributed by atoms with Crippen LogP contribution in [-0.2, 0) is 0 Å². The first kappa shape index (κ1) is 21.9. The van der Waals surface area contributed by atoms with E-state index >= 15 is 0 Å². The number of unbranched alkanes of at least 4 members (excludes halogenated alkanes) is 13. The summed E-state index contributed by atoms with van der Waals surface area (Å²) in [5, 5.41) is 7.22. The zero-order chi connectivity index (χ0) is 16.8. The molecule has 0 saturated heterocycles. The Bertz CT molecular complexity index is 267. The molecule has 1 heterocycles. The summed E-state index contributed by atoms with van der Waals surface area (Å²) in [7, 11) is 0. The average Bonchev–Trinajstić information content (AvgIpc) is 2.89. The van der Waals surface area contributed by atoms with Gasteiger partial charge in [-0.05, 0) is 12.2 Å².